The van der Waals surface area contributed by atoms with E-state index < -0.39 is 11.8 Å². The Morgan fingerprint density at radius 1 is 1.15 bits per heavy atom. The number of aliphatic imine (C=N–C) groups is 2. The van der Waals surface area contributed by atoms with E-state index in [4.69, 9.17) is 4.74 Å². The molecule has 2 aliphatic rings. The van der Waals surface area contributed by atoms with Crippen LogP contribution in [0.1, 0.15) is 36.9 Å². The quantitative estimate of drug-likeness (QED) is 0.673. The maximum atomic E-state index is 12.5. The molecule has 1 aromatic heterocycles. The third kappa shape index (κ3) is 5.16. The summed E-state index contributed by atoms with van der Waals surface area (Å²) in [5, 5.41) is 9.46. The van der Waals surface area contributed by atoms with Crippen LogP contribution in [-0.4, -0.2) is 52.8 Å². The normalized spacial score (nSPS) is 17.5. The largest absolute Gasteiger partial charge is 0.497 e. The molecule has 2 aromatic rings. The third-order valence-electron chi connectivity index (χ3n) is 5.66. The Morgan fingerprint density at radius 3 is 2.70 bits per heavy atom. The molecule has 2 heterocycles. The lowest BCUT2D eigenvalue weighted by molar-refractivity contribution is -0.136. The van der Waals surface area contributed by atoms with Gasteiger partial charge < -0.3 is 15.4 Å². The summed E-state index contributed by atoms with van der Waals surface area (Å²) in [6, 6.07) is 9.08. The fourth-order valence-electron chi connectivity index (χ4n) is 3.93. The Balaban J connectivity index is 1.39. The molecule has 1 atom stereocenters. The summed E-state index contributed by atoms with van der Waals surface area (Å²) in [7, 11) is 1.60. The fourth-order valence-corrected chi connectivity index (χ4v) is 3.93. The molecule has 0 radical (unpaired) electrons. The lowest BCUT2D eigenvalue weighted by Crippen LogP contribution is -2.37. The number of anilines is 1. The first-order valence-corrected chi connectivity index (χ1v) is 10.9. The fraction of sp³-hybridized carbons (Fsp3) is 0.391. The number of nitrogens with one attached hydrogen (secondary N) is 2. The van der Waals surface area contributed by atoms with Gasteiger partial charge >= 0.3 is 11.8 Å². The molecule has 1 fully saturated rings. The second-order valence-corrected chi connectivity index (χ2v) is 8.04. The van der Waals surface area contributed by atoms with E-state index in [-0.39, 0.29) is 23.6 Å². The third-order valence-corrected chi connectivity index (χ3v) is 5.66. The summed E-state index contributed by atoms with van der Waals surface area (Å²) in [5.74, 6) is -1.01. The highest BCUT2D eigenvalue weighted by Crippen LogP contribution is 2.26. The molecule has 0 spiro atoms. The van der Waals surface area contributed by atoms with E-state index in [0.29, 0.717) is 18.7 Å². The number of carbonyl (C=O) groups is 3. The van der Waals surface area contributed by atoms with Gasteiger partial charge in [0, 0.05) is 18.3 Å². The van der Waals surface area contributed by atoms with Gasteiger partial charge in [0.2, 0.25) is 0 Å². The molecule has 1 aromatic carbocycles. The summed E-state index contributed by atoms with van der Waals surface area (Å²) >= 11 is 0. The molecular formula is C23H26N6O4. The predicted molar refractivity (Wildman–Crippen MR) is 123 cm³/mol. The SMILES string of the molecule is COc1ccc(CCNC(=O)C(=O)Nc2cc(C)nn2C2=NC(=O)C3CCCCC3=N2)cc1. The zero-order valence-corrected chi connectivity index (χ0v) is 18.6. The van der Waals surface area contributed by atoms with Gasteiger partial charge in [0.25, 0.3) is 11.9 Å². The first kappa shape index (κ1) is 22.4. The Hall–Kier alpha value is -3.82. The maximum Gasteiger partial charge on any atom is 0.314 e. The monoisotopic (exact) mass is 450 g/mol. The van der Waals surface area contributed by atoms with Gasteiger partial charge in [0.15, 0.2) is 0 Å². The van der Waals surface area contributed by atoms with E-state index in [9.17, 15) is 14.4 Å². The Morgan fingerprint density at radius 2 is 1.94 bits per heavy atom. The molecular weight excluding hydrogens is 424 g/mol. The lowest BCUT2D eigenvalue weighted by atomic mass is 9.86. The highest BCUT2D eigenvalue weighted by Gasteiger charge is 2.32. The number of rotatable bonds is 5. The van der Waals surface area contributed by atoms with Gasteiger partial charge in [-0.1, -0.05) is 18.6 Å². The minimum atomic E-state index is -0.836. The van der Waals surface area contributed by atoms with Crippen LogP contribution in [0.3, 0.4) is 0 Å². The van der Waals surface area contributed by atoms with Gasteiger partial charge in [-0.2, -0.15) is 14.8 Å². The molecule has 33 heavy (non-hydrogen) atoms. The van der Waals surface area contributed by atoms with Crippen LogP contribution in [0.25, 0.3) is 0 Å². The highest BCUT2D eigenvalue weighted by atomic mass is 16.5. The molecule has 1 aliphatic heterocycles. The molecule has 4 rings (SSSR count). The van der Waals surface area contributed by atoms with Gasteiger partial charge in [0.1, 0.15) is 11.6 Å². The Bertz CT molecular complexity index is 1130. The van der Waals surface area contributed by atoms with Crippen molar-refractivity contribution in [3.05, 3.63) is 41.6 Å². The molecule has 3 amide bonds. The molecule has 1 aliphatic carbocycles. The van der Waals surface area contributed by atoms with Gasteiger partial charge in [-0.3, -0.25) is 14.4 Å². The van der Waals surface area contributed by atoms with E-state index in [1.165, 1.54) is 4.68 Å². The molecule has 2 N–H and O–H groups in total. The first-order chi connectivity index (χ1) is 15.9. The first-order valence-electron chi connectivity index (χ1n) is 10.9. The van der Waals surface area contributed by atoms with Crippen LogP contribution in [0.15, 0.2) is 40.3 Å². The zero-order valence-electron chi connectivity index (χ0n) is 18.6. The number of ether oxygens (including phenoxy) is 1. The van der Waals surface area contributed by atoms with E-state index >= 15 is 0 Å². The number of hydrogen-bond acceptors (Lipinski definition) is 6. The van der Waals surface area contributed by atoms with E-state index in [1.54, 1.807) is 20.1 Å². The van der Waals surface area contributed by atoms with Gasteiger partial charge in [-0.05, 0) is 50.3 Å². The Labute approximate surface area is 191 Å². The second kappa shape index (κ2) is 9.76. The number of aryl methyl sites for hydroxylation is 1. The molecule has 0 bridgehead atoms. The van der Waals surface area contributed by atoms with Gasteiger partial charge in [-0.15, -0.1) is 0 Å². The van der Waals surface area contributed by atoms with Crippen LogP contribution in [-0.2, 0) is 20.8 Å². The molecule has 0 saturated heterocycles. The van der Waals surface area contributed by atoms with Crippen molar-refractivity contribution in [3.8, 4) is 5.75 Å². The summed E-state index contributed by atoms with van der Waals surface area (Å²) < 4.78 is 6.42. The summed E-state index contributed by atoms with van der Waals surface area (Å²) in [6.45, 7) is 2.04. The minimum Gasteiger partial charge on any atom is -0.497 e. The summed E-state index contributed by atoms with van der Waals surface area (Å²) in [4.78, 5) is 45.8. The number of nitrogens with zero attached hydrogens (tertiary/aromatic N) is 4. The van der Waals surface area contributed by atoms with Crippen molar-refractivity contribution >= 4 is 35.2 Å². The van der Waals surface area contributed by atoms with Crippen LogP contribution >= 0.6 is 0 Å². The molecule has 1 saturated carbocycles. The van der Waals surface area contributed by atoms with Crippen molar-refractivity contribution in [3.63, 3.8) is 0 Å². The average molecular weight is 450 g/mol. The van der Waals surface area contributed by atoms with Crippen LogP contribution in [0.4, 0.5) is 5.82 Å². The number of methoxy groups -OCH3 is 1. The number of hydrogen-bond donors (Lipinski definition) is 2. The van der Waals surface area contributed by atoms with Gasteiger partial charge in [-0.25, -0.2) is 4.99 Å². The van der Waals surface area contributed by atoms with Crippen molar-refractivity contribution in [2.75, 3.05) is 19.0 Å². The van der Waals surface area contributed by atoms with Crippen LogP contribution < -0.4 is 15.4 Å². The van der Waals surface area contributed by atoms with Crippen LogP contribution in [0.5, 0.6) is 5.75 Å². The summed E-state index contributed by atoms with van der Waals surface area (Å²) in [5.41, 5.74) is 2.40. The molecule has 172 valence electrons. The average Bonchev–Trinajstić information content (AvgIpc) is 3.19. The number of fused-ring (bicyclic) bond motifs is 1. The predicted octanol–water partition coefficient (Wildman–Crippen LogP) is 1.87. The van der Waals surface area contributed by atoms with Crippen LogP contribution in [0, 0.1) is 12.8 Å². The van der Waals surface area contributed by atoms with Crippen molar-refractivity contribution in [2.45, 2.75) is 39.0 Å². The smallest absolute Gasteiger partial charge is 0.314 e. The number of benzene rings is 1. The molecule has 10 heteroatoms. The van der Waals surface area contributed by atoms with E-state index in [2.05, 4.69) is 25.7 Å². The van der Waals surface area contributed by atoms with Gasteiger partial charge in [0.05, 0.1) is 18.7 Å². The molecule has 10 nitrogen and oxygen atoms in total. The molecule has 1 unspecified atom stereocenters. The zero-order chi connectivity index (χ0) is 23.4. The number of carbonyl (C=O) groups excluding carboxylic acids is 3. The second-order valence-electron chi connectivity index (χ2n) is 8.04. The minimum absolute atomic E-state index is 0.108. The van der Waals surface area contributed by atoms with E-state index in [1.807, 2.05) is 24.3 Å². The maximum absolute atomic E-state index is 12.5. The van der Waals surface area contributed by atoms with E-state index in [0.717, 1.165) is 42.7 Å². The Kier molecular flexibility index (Phi) is 6.62. The topological polar surface area (TPSA) is 127 Å². The van der Waals surface area contributed by atoms with Crippen molar-refractivity contribution in [1.29, 1.82) is 0 Å². The van der Waals surface area contributed by atoms with Crippen LogP contribution in [0.2, 0.25) is 0 Å². The highest BCUT2D eigenvalue weighted by molar-refractivity contribution is 6.39. The lowest BCUT2D eigenvalue weighted by Gasteiger charge is -2.24. The summed E-state index contributed by atoms with van der Waals surface area (Å²) in [6.07, 6.45) is 4.03. The van der Waals surface area contributed by atoms with Crippen molar-refractivity contribution < 1.29 is 19.1 Å². The standard InChI is InChI=1S/C23H26N6O4/c1-14-13-19(29(28-14)23-25-18-6-4-3-5-17(18)20(30)27-23)26-22(32)21(31)24-12-11-15-7-9-16(33-2)10-8-15/h7-10,13,17H,3-6,11-12H2,1-2H3,(H,24,31)(H,26,32). The number of amides is 3. The van der Waals surface area contributed by atoms with Crippen molar-refractivity contribution in [1.82, 2.24) is 15.1 Å². The number of aromatic nitrogens is 2. The van der Waals surface area contributed by atoms with Crippen molar-refractivity contribution in [2.24, 2.45) is 15.9 Å².